The van der Waals surface area contributed by atoms with Gasteiger partial charge in [-0.05, 0) is 23.6 Å². The Bertz CT molecular complexity index is 1350. The van der Waals surface area contributed by atoms with E-state index in [4.69, 9.17) is 4.74 Å². The van der Waals surface area contributed by atoms with Crippen molar-refractivity contribution in [3.63, 3.8) is 0 Å². The second-order valence-corrected chi connectivity index (χ2v) is 7.91. The zero-order valence-electron chi connectivity index (χ0n) is 18.3. The van der Waals surface area contributed by atoms with Gasteiger partial charge in [0, 0.05) is 14.1 Å². The van der Waals surface area contributed by atoms with E-state index in [1.165, 1.54) is 17.9 Å². The standard InChI is InChI=1S/C24H26N4O4/c1-16-9-7-8-12-19(16)21(17-10-5-4-6-11-17)32-14-18(29)13-28-15-25-22-20(28)23(30)27(3)24(31)26(22)2/h4-12,15,18,21,29H,13-14H2,1-3H3/t18-,21+/m1/s1. The van der Waals surface area contributed by atoms with Gasteiger partial charge in [-0.3, -0.25) is 13.9 Å². The van der Waals surface area contributed by atoms with Crippen molar-refractivity contribution in [2.24, 2.45) is 14.1 Å². The van der Waals surface area contributed by atoms with Gasteiger partial charge in [-0.25, -0.2) is 9.78 Å². The molecule has 1 N–H and O–H groups in total. The number of hydrogen-bond donors (Lipinski definition) is 1. The van der Waals surface area contributed by atoms with Crippen molar-refractivity contribution in [1.82, 2.24) is 18.7 Å². The van der Waals surface area contributed by atoms with E-state index >= 15 is 0 Å². The Morgan fingerprint density at radius 3 is 2.41 bits per heavy atom. The van der Waals surface area contributed by atoms with Gasteiger partial charge in [0.05, 0.1) is 25.6 Å². The topological polar surface area (TPSA) is 91.3 Å². The summed E-state index contributed by atoms with van der Waals surface area (Å²) in [4.78, 5) is 28.9. The number of aliphatic hydroxyl groups is 1. The molecular formula is C24H26N4O4. The highest BCUT2D eigenvalue weighted by atomic mass is 16.5. The second-order valence-electron chi connectivity index (χ2n) is 7.91. The minimum Gasteiger partial charge on any atom is -0.389 e. The van der Waals surface area contributed by atoms with Gasteiger partial charge in [0.25, 0.3) is 5.56 Å². The van der Waals surface area contributed by atoms with Gasteiger partial charge in [0.15, 0.2) is 11.2 Å². The molecule has 4 aromatic rings. The summed E-state index contributed by atoms with van der Waals surface area (Å²) in [6.07, 6.45) is 0.245. The van der Waals surface area contributed by atoms with Crippen LogP contribution >= 0.6 is 0 Å². The molecular weight excluding hydrogens is 408 g/mol. The van der Waals surface area contributed by atoms with Gasteiger partial charge < -0.3 is 14.4 Å². The number of benzene rings is 2. The summed E-state index contributed by atoms with van der Waals surface area (Å²) in [7, 11) is 2.99. The lowest BCUT2D eigenvalue weighted by Crippen LogP contribution is -2.38. The smallest absolute Gasteiger partial charge is 0.332 e. The van der Waals surface area contributed by atoms with Gasteiger partial charge in [0.2, 0.25) is 0 Å². The van der Waals surface area contributed by atoms with Crippen LogP contribution in [0.15, 0.2) is 70.5 Å². The van der Waals surface area contributed by atoms with Crippen molar-refractivity contribution in [2.45, 2.75) is 25.7 Å². The summed E-state index contributed by atoms with van der Waals surface area (Å²) in [6, 6.07) is 17.9. The van der Waals surface area contributed by atoms with Crippen LogP contribution in [-0.2, 0) is 25.4 Å². The van der Waals surface area contributed by atoms with Crippen molar-refractivity contribution >= 4 is 11.2 Å². The monoisotopic (exact) mass is 434 g/mol. The summed E-state index contributed by atoms with van der Waals surface area (Å²) in [5, 5.41) is 10.7. The summed E-state index contributed by atoms with van der Waals surface area (Å²) >= 11 is 0. The third kappa shape index (κ3) is 4.02. The molecule has 0 amide bonds. The lowest BCUT2D eigenvalue weighted by atomic mass is 9.97. The van der Waals surface area contributed by atoms with E-state index in [1.807, 2.05) is 61.5 Å². The van der Waals surface area contributed by atoms with Crippen LogP contribution < -0.4 is 11.2 Å². The van der Waals surface area contributed by atoms with Crippen molar-refractivity contribution in [3.05, 3.63) is 98.5 Å². The molecule has 0 aliphatic heterocycles. The largest absolute Gasteiger partial charge is 0.389 e. The Labute approximate surface area is 185 Å². The first-order chi connectivity index (χ1) is 15.4. The molecule has 0 unspecified atom stereocenters. The van der Waals surface area contributed by atoms with Gasteiger partial charge in [-0.1, -0.05) is 54.6 Å². The molecule has 0 bridgehead atoms. The molecule has 4 rings (SSSR count). The molecule has 0 aliphatic carbocycles. The number of aromatic nitrogens is 4. The number of aliphatic hydroxyl groups excluding tert-OH is 1. The van der Waals surface area contributed by atoms with Crippen LogP contribution in [0.25, 0.3) is 11.2 Å². The normalized spacial score (nSPS) is 13.4. The molecule has 166 valence electrons. The highest BCUT2D eigenvalue weighted by Gasteiger charge is 2.20. The maximum atomic E-state index is 12.6. The van der Waals surface area contributed by atoms with E-state index in [-0.39, 0.29) is 30.4 Å². The summed E-state index contributed by atoms with van der Waals surface area (Å²) in [6.45, 7) is 2.20. The number of imidazole rings is 1. The van der Waals surface area contributed by atoms with Gasteiger partial charge in [-0.2, -0.15) is 0 Å². The molecule has 0 spiro atoms. The van der Waals surface area contributed by atoms with Crippen molar-refractivity contribution in [1.29, 1.82) is 0 Å². The van der Waals surface area contributed by atoms with Crippen LogP contribution in [0, 0.1) is 6.92 Å². The summed E-state index contributed by atoms with van der Waals surface area (Å²) < 4.78 is 10.1. The number of ether oxygens (including phenoxy) is 1. The fourth-order valence-electron chi connectivity index (χ4n) is 3.90. The zero-order chi connectivity index (χ0) is 22.8. The molecule has 0 saturated carbocycles. The first kappa shape index (κ1) is 21.7. The quantitative estimate of drug-likeness (QED) is 0.480. The first-order valence-corrected chi connectivity index (χ1v) is 10.4. The third-order valence-corrected chi connectivity index (χ3v) is 5.65. The minimum absolute atomic E-state index is 0.0552. The Kier molecular flexibility index (Phi) is 6.07. The van der Waals surface area contributed by atoms with Crippen molar-refractivity contribution in [3.8, 4) is 0 Å². The molecule has 0 fully saturated rings. The third-order valence-electron chi connectivity index (χ3n) is 5.65. The highest BCUT2D eigenvalue weighted by Crippen LogP contribution is 2.28. The first-order valence-electron chi connectivity index (χ1n) is 10.4. The second kappa shape index (κ2) is 8.94. The summed E-state index contributed by atoms with van der Waals surface area (Å²) in [5.74, 6) is 0. The molecule has 2 atom stereocenters. The molecule has 2 heterocycles. The zero-order valence-corrected chi connectivity index (χ0v) is 18.3. The summed E-state index contributed by atoms with van der Waals surface area (Å²) in [5.41, 5.74) is 2.78. The van der Waals surface area contributed by atoms with Crippen LogP contribution in [0.5, 0.6) is 0 Å². The van der Waals surface area contributed by atoms with Crippen LogP contribution in [0.2, 0.25) is 0 Å². The van der Waals surface area contributed by atoms with E-state index < -0.39 is 17.4 Å². The minimum atomic E-state index is -0.885. The maximum absolute atomic E-state index is 12.6. The number of rotatable bonds is 7. The van der Waals surface area contributed by atoms with Crippen LogP contribution in [-0.4, -0.2) is 36.5 Å². The fourth-order valence-corrected chi connectivity index (χ4v) is 3.90. The van der Waals surface area contributed by atoms with E-state index in [0.29, 0.717) is 0 Å². The number of nitrogens with zero attached hydrogens (tertiary/aromatic N) is 4. The maximum Gasteiger partial charge on any atom is 0.332 e. The Hall–Kier alpha value is -3.49. The molecule has 0 radical (unpaired) electrons. The molecule has 2 aromatic carbocycles. The lowest BCUT2D eigenvalue weighted by molar-refractivity contribution is -0.000383. The van der Waals surface area contributed by atoms with Crippen molar-refractivity contribution < 1.29 is 9.84 Å². The fraction of sp³-hybridized carbons (Fsp3) is 0.292. The molecule has 8 nitrogen and oxygen atoms in total. The molecule has 8 heteroatoms. The average Bonchev–Trinajstić information content (AvgIpc) is 3.22. The average molecular weight is 434 g/mol. The molecule has 0 saturated heterocycles. The van der Waals surface area contributed by atoms with Gasteiger partial charge >= 0.3 is 5.69 Å². The molecule has 2 aromatic heterocycles. The predicted octanol–water partition coefficient (Wildman–Crippen LogP) is 1.91. The molecule has 0 aliphatic rings. The number of hydrogen-bond acceptors (Lipinski definition) is 5. The highest BCUT2D eigenvalue weighted by molar-refractivity contribution is 5.69. The van der Waals surface area contributed by atoms with Crippen molar-refractivity contribution in [2.75, 3.05) is 6.61 Å². The SMILES string of the molecule is Cc1ccccc1[C@@H](OC[C@H](O)Cn1cnc2c1c(=O)n(C)c(=O)n2C)c1ccccc1. The number of aryl methyl sites for hydroxylation is 2. The van der Waals surface area contributed by atoms with Crippen LogP contribution in [0.4, 0.5) is 0 Å². The Morgan fingerprint density at radius 1 is 1.00 bits per heavy atom. The molecule has 32 heavy (non-hydrogen) atoms. The van der Waals surface area contributed by atoms with Crippen LogP contribution in [0.1, 0.15) is 22.8 Å². The Morgan fingerprint density at radius 2 is 1.69 bits per heavy atom. The lowest BCUT2D eigenvalue weighted by Gasteiger charge is -2.22. The van der Waals surface area contributed by atoms with Gasteiger partial charge in [0.1, 0.15) is 6.10 Å². The van der Waals surface area contributed by atoms with E-state index in [9.17, 15) is 14.7 Å². The van der Waals surface area contributed by atoms with Crippen LogP contribution in [0.3, 0.4) is 0 Å². The number of fused-ring (bicyclic) bond motifs is 1. The Balaban J connectivity index is 1.58. The van der Waals surface area contributed by atoms with E-state index in [1.54, 1.807) is 11.6 Å². The van der Waals surface area contributed by atoms with Gasteiger partial charge in [-0.15, -0.1) is 0 Å². The van der Waals surface area contributed by atoms with E-state index in [2.05, 4.69) is 4.98 Å². The predicted molar refractivity (Wildman–Crippen MR) is 122 cm³/mol. The van der Waals surface area contributed by atoms with E-state index in [0.717, 1.165) is 21.3 Å².